The van der Waals surface area contributed by atoms with E-state index in [-0.39, 0.29) is 11.5 Å². The first-order chi connectivity index (χ1) is 15.5. The Morgan fingerprint density at radius 3 is 2.34 bits per heavy atom. The Bertz CT molecular complexity index is 1410. The van der Waals surface area contributed by atoms with E-state index in [2.05, 4.69) is 21.5 Å². The van der Waals surface area contributed by atoms with Gasteiger partial charge in [0.2, 0.25) is 5.95 Å². The van der Waals surface area contributed by atoms with Crippen LogP contribution in [0.3, 0.4) is 0 Å². The molecule has 0 saturated carbocycles. The number of nitrogens with one attached hydrogen (secondary N) is 2. The van der Waals surface area contributed by atoms with E-state index in [0.717, 1.165) is 52.8 Å². The summed E-state index contributed by atoms with van der Waals surface area (Å²) < 4.78 is 0. The van der Waals surface area contributed by atoms with E-state index in [1.165, 1.54) is 0 Å². The van der Waals surface area contributed by atoms with Crippen molar-refractivity contribution in [1.82, 2.24) is 15.0 Å². The van der Waals surface area contributed by atoms with Crippen molar-refractivity contribution in [2.75, 3.05) is 5.43 Å². The topological polar surface area (TPSA) is 96.7 Å². The molecule has 8 heteroatoms. The van der Waals surface area contributed by atoms with Gasteiger partial charge in [0.15, 0.2) is 5.65 Å². The Morgan fingerprint density at radius 2 is 1.66 bits per heavy atom. The first kappa shape index (κ1) is 20.7. The molecular formula is C24H19Cl2N5O. The van der Waals surface area contributed by atoms with Crippen molar-refractivity contribution in [1.29, 1.82) is 0 Å². The smallest absolute Gasteiger partial charge is 0.262 e. The number of rotatable bonds is 3. The molecule has 0 atom stereocenters. The van der Waals surface area contributed by atoms with Gasteiger partial charge in [-0.05, 0) is 71.9 Å². The second-order valence-electron chi connectivity index (χ2n) is 7.65. The van der Waals surface area contributed by atoms with Crippen LogP contribution in [0.2, 0.25) is 10.0 Å². The molecule has 0 spiro atoms. The molecule has 0 amide bonds. The number of aromatic amines is 1. The van der Waals surface area contributed by atoms with Crippen LogP contribution in [0.25, 0.3) is 33.8 Å². The van der Waals surface area contributed by atoms with E-state index in [0.29, 0.717) is 21.1 Å². The summed E-state index contributed by atoms with van der Waals surface area (Å²) in [5.74, 6) is 5.67. The fourth-order valence-corrected chi connectivity index (χ4v) is 4.45. The number of halogens is 2. The third-order valence-electron chi connectivity index (χ3n) is 5.61. The van der Waals surface area contributed by atoms with Gasteiger partial charge in [-0.25, -0.2) is 10.8 Å². The number of benzene rings is 2. The molecule has 6 nitrogen and oxygen atoms in total. The molecule has 2 aromatic carbocycles. The standard InChI is InChI=1S/C24H19Cl2N5O/c25-16-8-4-13(5-9-16)12-15-2-1-3-18-19(14-6-10-17(26)11-7-14)20-22(28-21(15)18)29-24(31-27)30-23(20)32/h4-12H,1-3,27H2,(H2,28,29,30,31,32)/b15-12-. The summed E-state index contributed by atoms with van der Waals surface area (Å²) >= 11 is 12.2. The Labute approximate surface area is 194 Å². The predicted molar refractivity (Wildman–Crippen MR) is 131 cm³/mol. The molecule has 4 aromatic rings. The van der Waals surface area contributed by atoms with Crippen molar-refractivity contribution in [3.05, 3.63) is 85.8 Å². The molecule has 2 heterocycles. The first-order valence-electron chi connectivity index (χ1n) is 10.2. The van der Waals surface area contributed by atoms with Crippen molar-refractivity contribution in [3.8, 4) is 11.1 Å². The van der Waals surface area contributed by atoms with E-state index >= 15 is 0 Å². The number of hydrogen-bond acceptors (Lipinski definition) is 5. The van der Waals surface area contributed by atoms with Crippen LogP contribution in [-0.2, 0) is 6.42 Å². The third kappa shape index (κ3) is 3.77. The molecule has 1 aliphatic rings. The monoisotopic (exact) mass is 463 g/mol. The quantitative estimate of drug-likeness (QED) is 0.277. The molecule has 0 radical (unpaired) electrons. The molecule has 1 aliphatic carbocycles. The van der Waals surface area contributed by atoms with Crippen molar-refractivity contribution in [2.24, 2.45) is 5.84 Å². The molecule has 0 fully saturated rings. The van der Waals surface area contributed by atoms with Gasteiger partial charge in [0.1, 0.15) is 0 Å². The van der Waals surface area contributed by atoms with Gasteiger partial charge < -0.3 is 0 Å². The zero-order valence-electron chi connectivity index (χ0n) is 17.0. The Kier molecular flexibility index (Phi) is 5.43. The highest BCUT2D eigenvalue weighted by atomic mass is 35.5. The molecule has 0 aliphatic heterocycles. The van der Waals surface area contributed by atoms with Crippen LogP contribution in [0.1, 0.15) is 29.7 Å². The van der Waals surface area contributed by atoms with Crippen LogP contribution >= 0.6 is 23.2 Å². The van der Waals surface area contributed by atoms with Gasteiger partial charge in [0, 0.05) is 15.6 Å². The predicted octanol–water partition coefficient (Wildman–Crippen LogP) is 5.45. The zero-order chi connectivity index (χ0) is 22.2. The number of anilines is 1. The number of aromatic nitrogens is 3. The van der Waals surface area contributed by atoms with Gasteiger partial charge in [-0.3, -0.25) is 15.2 Å². The number of hydrazine groups is 1. The average molecular weight is 464 g/mol. The maximum Gasteiger partial charge on any atom is 0.262 e. The zero-order valence-corrected chi connectivity index (χ0v) is 18.5. The van der Waals surface area contributed by atoms with Gasteiger partial charge in [-0.15, -0.1) is 0 Å². The number of nitrogen functional groups attached to an aromatic ring is 1. The van der Waals surface area contributed by atoms with Crippen molar-refractivity contribution in [2.45, 2.75) is 19.3 Å². The van der Waals surface area contributed by atoms with Crippen molar-refractivity contribution < 1.29 is 0 Å². The van der Waals surface area contributed by atoms with Crippen LogP contribution in [-0.4, -0.2) is 15.0 Å². The summed E-state index contributed by atoms with van der Waals surface area (Å²) in [6, 6.07) is 15.2. The number of H-pyrrole nitrogens is 1. The van der Waals surface area contributed by atoms with Crippen molar-refractivity contribution in [3.63, 3.8) is 0 Å². The maximum atomic E-state index is 13.0. The number of nitrogens with two attached hydrogens (primary N) is 1. The molecule has 2 aromatic heterocycles. The third-order valence-corrected chi connectivity index (χ3v) is 6.12. The second kappa shape index (κ2) is 8.39. The summed E-state index contributed by atoms with van der Waals surface area (Å²) in [7, 11) is 0. The summed E-state index contributed by atoms with van der Waals surface area (Å²) in [5.41, 5.74) is 8.20. The minimum absolute atomic E-state index is 0.163. The molecule has 160 valence electrons. The number of fused-ring (bicyclic) bond motifs is 2. The van der Waals surface area contributed by atoms with Gasteiger partial charge in [0.05, 0.1) is 11.1 Å². The van der Waals surface area contributed by atoms with Crippen LogP contribution < -0.4 is 16.8 Å². The molecule has 0 bridgehead atoms. The molecule has 0 unspecified atom stereocenters. The minimum atomic E-state index is -0.294. The summed E-state index contributed by atoms with van der Waals surface area (Å²) in [6.07, 6.45) is 4.76. The minimum Gasteiger partial charge on any atom is -0.294 e. The number of allylic oxidation sites excluding steroid dienone is 1. The lowest BCUT2D eigenvalue weighted by Crippen LogP contribution is -2.19. The molecule has 0 saturated heterocycles. The second-order valence-corrected chi connectivity index (χ2v) is 8.53. The summed E-state index contributed by atoms with van der Waals surface area (Å²) in [5, 5.41) is 1.76. The van der Waals surface area contributed by atoms with Gasteiger partial charge in [-0.2, -0.15) is 4.98 Å². The Balaban J connectivity index is 1.82. The molecule has 32 heavy (non-hydrogen) atoms. The Hall–Kier alpha value is -3.19. The number of pyridine rings is 1. The van der Waals surface area contributed by atoms with Crippen LogP contribution in [0.15, 0.2) is 53.3 Å². The van der Waals surface area contributed by atoms with Gasteiger partial charge >= 0.3 is 0 Å². The highest BCUT2D eigenvalue weighted by Crippen LogP contribution is 2.40. The van der Waals surface area contributed by atoms with Gasteiger partial charge in [-0.1, -0.05) is 47.5 Å². The lowest BCUT2D eigenvalue weighted by atomic mass is 9.84. The largest absolute Gasteiger partial charge is 0.294 e. The summed E-state index contributed by atoms with van der Waals surface area (Å²) in [4.78, 5) is 25.0. The highest BCUT2D eigenvalue weighted by molar-refractivity contribution is 6.31. The average Bonchev–Trinajstić information content (AvgIpc) is 2.80. The van der Waals surface area contributed by atoms with E-state index in [1.54, 1.807) is 0 Å². The van der Waals surface area contributed by atoms with E-state index in [9.17, 15) is 4.79 Å². The van der Waals surface area contributed by atoms with Crippen LogP contribution in [0.5, 0.6) is 0 Å². The molecule has 4 N–H and O–H groups in total. The molecule has 5 rings (SSSR count). The fourth-order valence-electron chi connectivity index (χ4n) is 4.20. The fraction of sp³-hybridized carbons (Fsp3) is 0.125. The number of nitrogens with zero attached hydrogens (tertiary/aromatic N) is 2. The van der Waals surface area contributed by atoms with Crippen LogP contribution in [0, 0.1) is 0 Å². The maximum absolute atomic E-state index is 13.0. The van der Waals surface area contributed by atoms with Crippen molar-refractivity contribution >= 4 is 51.8 Å². The highest BCUT2D eigenvalue weighted by Gasteiger charge is 2.25. The summed E-state index contributed by atoms with van der Waals surface area (Å²) in [6.45, 7) is 0. The Morgan fingerprint density at radius 1 is 0.969 bits per heavy atom. The van der Waals surface area contributed by atoms with E-state index in [1.807, 2.05) is 48.5 Å². The van der Waals surface area contributed by atoms with Crippen LogP contribution in [0.4, 0.5) is 5.95 Å². The van der Waals surface area contributed by atoms with E-state index < -0.39 is 0 Å². The van der Waals surface area contributed by atoms with E-state index in [4.69, 9.17) is 34.0 Å². The lowest BCUT2D eigenvalue weighted by Gasteiger charge is -2.23. The first-order valence-corrected chi connectivity index (χ1v) is 10.9. The lowest BCUT2D eigenvalue weighted by molar-refractivity contribution is 0.815. The molecular weight excluding hydrogens is 445 g/mol. The normalized spacial score (nSPS) is 14.5. The van der Waals surface area contributed by atoms with Gasteiger partial charge in [0.25, 0.3) is 5.56 Å². The number of hydrogen-bond donors (Lipinski definition) is 3. The SMILES string of the molecule is NNc1nc2nc3c(c(-c4ccc(Cl)cc4)c2c(=O)[nH]1)CCC/C3=C/c1ccc(Cl)cc1.